The zero-order valence-corrected chi connectivity index (χ0v) is 19.7. The van der Waals surface area contributed by atoms with Gasteiger partial charge in [0.2, 0.25) is 0 Å². The molecule has 0 bridgehead atoms. The van der Waals surface area contributed by atoms with E-state index in [1.54, 1.807) is 0 Å². The molecule has 1 nitrogen and oxygen atoms in total. The van der Waals surface area contributed by atoms with E-state index < -0.39 is 0 Å². The highest BCUT2D eigenvalue weighted by Crippen LogP contribution is 2.44. The normalized spacial score (nSPS) is 12.1. The Kier molecular flexibility index (Phi) is 3.76. The van der Waals surface area contributed by atoms with Crippen LogP contribution < -0.4 is 0 Å². The highest BCUT2D eigenvalue weighted by molar-refractivity contribution is 7.26. The number of aromatic nitrogens is 1. The summed E-state index contributed by atoms with van der Waals surface area (Å²) in [4.78, 5) is 4.43. The van der Waals surface area contributed by atoms with Gasteiger partial charge in [-0.3, -0.25) is 4.98 Å². The minimum atomic E-state index is 1.16. The van der Waals surface area contributed by atoms with Gasteiger partial charge in [0, 0.05) is 58.3 Å². The number of hydrogen-bond donors (Lipinski definition) is 0. The lowest BCUT2D eigenvalue weighted by Crippen LogP contribution is -1.86. The fraction of sp³-hybridized carbons (Fsp3) is 0. The van der Waals surface area contributed by atoms with Gasteiger partial charge in [-0.25, -0.2) is 0 Å². The largest absolute Gasteiger partial charge is 0.264 e. The topological polar surface area (TPSA) is 12.9 Å². The van der Waals surface area contributed by atoms with Crippen LogP contribution in [0.5, 0.6) is 0 Å². The van der Waals surface area contributed by atoms with Crippen LogP contribution in [0.4, 0.5) is 0 Å². The SMILES string of the molecule is c1cncc(-c2cc3cc4sc5ccccc5c4cc3c3cc4sc5ccccc5c4cc23)c1. The van der Waals surface area contributed by atoms with E-state index in [-0.39, 0.29) is 0 Å². The van der Waals surface area contributed by atoms with Crippen LogP contribution in [0.25, 0.3) is 73.0 Å². The second-order valence-electron chi connectivity index (χ2n) is 8.83. The quantitative estimate of drug-likeness (QED) is 0.219. The molecule has 3 heteroatoms. The van der Waals surface area contributed by atoms with Gasteiger partial charge in [0.1, 0.15) is 0 Å². The summed E-state index contributed by atoms with van der Waals surface area (Å²) in [6, 6.07) is 33.7. The third kappa shape index (κ3) is 2.57. The average molecular weight is 468 g/mol. The molecule has 158 valence electrons. The van der Waals surface area contributed by atoms with Crippen molar-refractivity contribution in [2.24, 2.45) is 0 Å². The summed E-state index contributed by atoms with van der Waals surface area (Å²) in [5.41, 5.74) is 2.40. The van der Waals surface area contributed by atoms with Crippen molar-refractivity contribution in [3.63, 3.8) is 0 Å². The highest BCUT2D eigenvalue weighted by Gasteiger charge is 2.15. The Bertz CT molecular complexity index is 2060. The molecule has 0 aliphatic carbocycles. The van der Waals surface area contributed by atoms with Gasteiger partial charge < -0.3 is 0 Å². The van der Waals surface area contributed by atoms with Gasteiger partial charge >= 0.3 is 0 Å². The van der Waals surface area contributed by atoms with Crippen LogP contribution in [0.2, 0.25) is 0 Å². The molecule has 0 aliphatic rings. The molecular formula is C31H17NS2. The molecule has 3 heterocycles. The predicted molar refractivity (Wildman–Crippen MR) is 150 cm³/mol. The van der Waals surface area contributed by atoms with Crippen molar-refractivity contribution in [3.05, 3.63) is 103 Å². The van der Waals surface area contributed by atoms with Gasteiger partial charge in [-0.05, 0) is 75.6 Å². The first-order chi connectivity index (χ1) is 16.8. The van der Waals surface area contributed by atoms with Crippen molar-refractivity contribution in [2.45, 2.75) is 0 Å². The zero-order chi connectivity index (χ0) is 22.2. The molecule has 0 saturated heterocycles. The van der Waals surface area contributed by atoms with Crippen LogP contribution in [0, 0.1) is 0 Å². The second kappa shape index (κ2) is 6.86. The van der Waals surface area contributed by atoms with Crippen LogP contribution in [-0.4, -0.2) is 4.98 Å². The number of pyridine rings is 1. The monoisotopic (exact) mass is 467 g/mol. The van der Waals surface area contributed by atoms with Crippen molar-refractivity contribution in [1.29, 1.82) is 0 Å². The highest BCUT2D eigenvalue weighted by atomic mass is 32.1. The van der Waals surface area contributed by atoms with Gasteiger partial charge in [0.15, 0.2) is 0 Å². The number of hydrogen-bond acceptors (Lipinski definition) is 3. The van der Waals surface area contributed by atoms with Crippen LogP contribution in [0.3, 0.4) is 0 Å². The van der Waals surface area contributed by atoms with Gasteiger partial charge in [-0.1, -0.05) is 42.5 Å². The van der Waals surface area contributed by atoms with Crippen molar-refractivity contribution in [1.82, 2.24) is 4.98 Å². The predicted octanol–water partition coefficient (Wildman–Crippen LogP) is 9.79. The van der Waals surface area contributed by atoms with Crippen molar-refractivity contribution in [2.75, 3.05) is 0 Å². The van der Waals surface area contributed by atoms with Gasteiger partial charge in [-0.2, -0.15) is 0 Å². The molecule has 8 aromatic rings. The van der Waals surface area contributed by atoms with E-state index in [1.165, 1.54) is 67.5 Å². The Morgan fingerprint density at radius 2 is 1.15 bits per heavy atom. The van der Waals surface area contributed by atoms with E-state index in [9.17, 15) is 0 Å². The standard InChI is InChI=1S/C31H17NS2/c1-3-9-28-20(7-1)26-14-23-19(13-30(26)33-28)12-22(18-6-5-11-32-17-18)24-15-27-21-8-2-4-10-29(21)34-31(27)16-25(23)24/h1-17H. The Morgan fingerprint density at radius 1 is 0.471 bits per heavy atom. The summed E-state index contributed by atoms with van der Waals surface area (Å²) in [6.07, 6.45) is 3.83. The molecule has 0 fully saturated rings. The maximum atomic E-state index is 4.43. The molecule has 0 atom stereocenters. The fourth-order valence-electron chi connectivity index (χ4n) is 5.35. The minimum absolute atomic E-state index is 1.16. The van der Waals surface area contributed by atoms with Gasteiger partial charge in [-0.15, -0.1) is 22.7 Å². The van der Waals surface area contributed by atoms with E-state index in [4.69, 9.17) is 0 Å². The summed E-state index contributed by atoms with van der Waals surface area (Å²) in [6.45, 7) is 0. The summed E-state index contributed by atoms with van der Waals surface area (Å²) >= 11 is 3.76. The summed E-state index contributed by atoms with van der Waals surface area (Å²) in [5.74, 6) is 0. The van der Waals surface area contributed by atoms with Gasteiger partial charge in [0.25, 0.3) is 0 Å². The molecule has 8 rings (SSSR count). The van der Waals surface area contributed by atoms with Crippen LogP contribution in [0.15, 0.2) is 103 Å². The Balaban J connectivity index is 1.59. The lowest BCUT2D eigenvalue weighted by Gasteiger charge is -2.12. The first kappa shape index (κ1) is 18.6. The Morgan fingerprint density at radius 3 is 1.85 bits per heavy atom. The zero-order valence-electron chi connectivity index (χ0n) is 18.1. The molecule has 0 radical (unpaired) electrons. The number of fused-ring (bicyclic) bond motifs is 9. The number of benzene rings is 5. The van der Waals surface area contributed by atoms with Crippen LogP contribution in [-0.2, 0) is 0 Å². The third-order valence-electron chi connectivity index (χ3n) is 6.92. The molecule has 0 N–H and O–H groups in total. The van der Waals surface area contributed by atoms with Crippen molar-refractivity contribution >= 4 is 84.6 Å². The molecule has 0 aliphatic heterocycles. The van der Waals surface area contributed by atoms with E-state index in [0.717, 1.165) is 5.56 Å². The molecule has 0 unspecified atom stereocenters. The average Bonchev–Trinajstić information content (AvgIpc) is 3.43. The molecule has 0 saturated carbocycles. The van der Waals surface area contributed by atoms with E-state index in [1.807, 2.05) is 41.1 Å². The number of thiophene rings is 2. The smallest absolute Gasteiger partial charge is 0.0362 e. The lowest BCUT2D eigenvalue weighted by molar-refractivity contribution is 1.33. The molecule has 3 aromatic heterocycles. The first-order valence-electron chi connectivity index (χ1n) is 11.4. The first-order valence-corrected chi connectivity index (χ1v) is 13.0. The Labute approximate surface area is 203 Å². The fourth-order valence-corrected chi connectivity index (χ4v) is 7.61. The van der Waals surface area contributed by atoms with E-state index in [0.29, 0.717) is 0 Å². The molecule has 0 spiro atoms. The molecular weight excluding hydrogens is 450 g/mol. The maximum absolute atomic E-state index is 4.43. The van der Waals surface area contributed by atoms with Crippen molar-refractivity contribution in [3.8, 4) is 11.1 Å². The molecule has 34 heavy (non-hydrogen) atoms. The van der Waals surface area contributed by atoms with Crippen molar-refractivity contribution < 1.29 is 0 Å². The summed E-state index contributed by atoms with van der Waals surface area (Å²) in [5, 5.41) is 10.6. The third-order valence-corrected chi connectivity index (χ3v) is 9.19. The van der Waals surface area contributed by atoms with E-state index >= 15 is 0 Å². The van der Waals surface area contributed by atoms with Crippen LogP contribution >= 0.6 is 22.7 Å². The summed E-state index contributed by atoms with van der Waals surface area (Å²) < 4.78 is 5.37. The second-order valence-corrected chi connectivity index (χ2v) is 11.0. The number of rotatable bonds is 1. The Hall–Kier alpha value is -3.79. The number of nitrogens with zero attached hydrogens (tertiary/aromatic N) is 1. The molecule has 0 amide bonds. The van der Waals surface area contributed by atoms with E-state index in [2.05, 4.69) is 89.9 Å². The van der Waals surface area contributed by atoms with Gasteiger partial charge in [0.05, 0.1) is 0 Å². The molecule has 5 aromatic carbocycles. The minimum Gasteiger partial charge on any atom is -0.264 e. The van der Waals surface area contributed by atoms with Crippen LogP contribution in [0.1, 0.15) is 0 Å². The lowest BCUT2D eigenvalue weighted by atomic mass is 9.92. The summed E-state index contributed by atoms with van der Waals surface area (Å²) in [7, 11) is 0. The maximum Gasteiger partial charge on any atom is 0.0362 e.